The fraction of sp³-hybridized carbons (Fsp3) is 0.143. The topological polar surface area (TPSA) is 148 Å². The number of nitrogens with two attached hydrogens (primary N) is 1. The maximum atomic E-state index is 13.8. The van der Waals surface area contributed by atoms with E-state index in [4.69, 9.17) is 22.3 Å². The van der Waals surface area contributed by atoms with E-state index in [-0.39, 0.29) is 11.5 Å². The second kappa shape index (κ2) is 11.2. The van der Waals surface area contributed by atoms with Crippen LogP contribution in [0, 0.1) is 0 Å². The van der Waals surface area contributed by atoms with Crippen molar-refractivity contribution in [2.45, 2.75) is 13.0 Å². The molecule has 0 radical (unpaired) electrons. The molecule has 5 rings (SSSR count). The zero-order valence-corrected chi connectivity index (χ0v) is 24.0. The van der Waals surface area contributed by atoms with Crippen LogP contribution in [0.25, 0.3) is 27.7 Å². The Morgan fingerprint density at radius 2 is 1.73 bits per heavy atom. The Labute approximate surface area is 241 Å². The fourth-order valence-electron chi connectivity index (χ4n) is 4.30. The number of halogens is 1. The van der Waals surface area contributed by atoms with E-state index in [2.05, 4.69) is 20.0 Å². The van der Waals surface area contributed by atoms with Crippen LogP contribution in [0.3, 0.4) is 0 Å². The number of aromatic nitrogens is 4. The van der Waals surface area contributed by atoms with Crippen LogP contribution in [0.5, 0.6) is 0 Å². The van der Waals surface area contributed by atoms with E-state index in [1.165, 1.54) is 18.7 Å². The number of anilines is 3. The molecule has 0 saturated heterocycles. The first-order valence-electron chi connectivity index (χ1n) is 12.5. The predicted molar refractivity (Wildman–Crippen MR) is 162 cm³/mol. The first kappa shape index (κ1) is 28.0. The molecule has 1 unspecified atom stereocenters. The van der Waals surface area contributed by atoms with E-state index < -0.39 is 16.3 Å². The third kappa shape index (κ3) is 5.71. The third-order valence-corrected chi connectivity index (χ3v) is 8.11. The highest BCUT2D eigenvalue weighted by molar-refractivity contribution is 7.90. The van der Waals surface area contributed by atoms with E-state index >= 15 is 0 Å². The monoisotopic (exact) mass is 590 g/mol. The molecule has 11 nitrogen and oxygen atoms in total. The van der Waals surface area contributed by atoms with E-state index in [0.29, 0.717) is 50.1 Å². The van der Waals surface area contributed by atoms with Gasteiger partial charge in [-0.1, -0.05) is 48.0 Å². The number of fused-ring (bicyclic) bond motifs is 1. The van der Waals surface area contributed by atoms with Gasteiger partial charge in [0.25, 0.3) is 5.56 Å². The Balaban J connectivity index is 1.60. The van der Waals surface area contributed by atoms with Gasteiger partial charge in [-0.15, -0.1) is 0 Å². The maximum Gasteiger partial charge on any atom is 0.301 e. The van der Waals surface area contributed by atoms with Crippen molar-refractivity contribution < 1.29 is 8.42 Å². The molecule has 0 bridgehead atoms. The van der Waals surface area contributed by atoms with E-state index in [1.807, 2.05) is 37.3 Å². The van der Waals surface area contributed by atoms with Gasteiger partial charge in [0.1, 0.15) is 11.6 Å². The number of hydrogen-bond acceptors (Lipinski definition) is 8. The number of para-hydroxylation sites is 1. The lowest BCUT2D eigenvalue weighted by Gasteiger charge is -2.21. The average molecular weight is 591 g/mol. The van der Waals surface area contributed by atoms with Crippen LogP contribution in [0.15, 0.2) is 83.8 Å². The molecule has 1 atom stereocenters. The molecule has 13 heteroatoms. The molecule has 0 aliphatic heterocycles. The zero-order valence-electron chi connectivity index (χ0n) is 22.4. The van der Waals surface area contributed by atoms with Crippen LogP contribution in [0.4, 0.5) is 17.5 Å². The highest BCUT2D eigenvalue weighted by Crippen LogP contribution is 2.31. The molecule has 4 N–H and O–H groups in total. The largest absolute Gasteiger partial charge is 0.368 e. The number of nitrogen functional groups attached to an aromatic ring is 1. The zero-order chi connectivity index (χ0) is 29.3. The molecule has 2 aromatic heterocycles. The average Bonchev–Trinajstić information content (AvgIpc) is 2.93. The van der Waals surface area contributed by atoms with Crippen molar-refractivity contribution in [3.63, 3.8) is 0 Å². The normalized spacial score (nSPS) is 12.4. The van der Waals surface area contributed by atoms with Crippen LogP contribution in [-0.4, -0.2) is 46.3 Å². The summed E-state index contributed by atoms with van der Waals surface area (Å²) >= 11 is 6.41. The lowest BCUT2D eigenvalue weighted by atomic mass is 10.1. The summed E-state index contributed by atoms with van der Waals surface area (Å²) in [7, 11) is -0.837. The summed E-state index contributed by atoms with van der Waals surface area (Å²) in [6.07, 6.45) is 1.55. The molecule has 0 amide bonds. The Morgan fingerprint density at radius 3 is 2.46 bits per heavy atom. The molecule has 5 aromatic rings. The Bertz CT molecular complexity index is 1910. The number of nitrogens with one attached hydrogen (secondary N) is 2. The molecule has 0 fully saturated rings. The van der Waals surface area contributed by atoms with Gasteiger partial charge in [0.2, 0.25) is 5.95 Å². The quantitative estimate of drug-likeness (QED) is 0.240. The summed E-state index contributed by atoms with van der Waals surface area (Å²) in [5.74, 6) is 0.830. The summed E-state index contributed by atoms with van der Waals surface area (Å²) in [4.78, 5) is 27.2. The van der Waals surface area contributed by atoms with Gasteiger partial charge in [0.05, 0.1) is 33.3 Å². The minimum Gasteiger partial charge on any atom is -0.368 e. The molecule has 0 aliphatic carbocycles. The highest BCUT2D eigenvalue weighted by Gasteiger charge is 2.21. The van der Waals surface area contributed by atoms with Gasteiger partial charge in [-0.3, -0.25) is 14.1 Å². The van der Waals surface area contributed by atoms with Gasteiger partial charge in [0, 0.05) is 25.9 Å². The summed E-state index contributed by atoms with van der Waals surface area (Å²) in [6.45, 7) is 1.85. The molecular weight excluding hydrogens is 564 g/mol. The molecule has 0 spiro atoms. The number of hydrogen-bond donors (Lipinski definition) is 3. The van der Waals surface area contributed by atoms with E-state index in [9.17, 15) is 13.2 Å². The lowest BCUT2D eigenvalue weighted by Crippen LogP contribution is -2.28. The molecular formula is C28H27ClN8O3S. The number of benzene rings is 3. The molecule has 41 heavy (non-hydrogen) atoms. The molecule has 210 valence electrons. The van der Waals surface area contributed by atoms with Gasteiger partial charge in [0.15, 0.2) is 0 Å². The van der Waals surface area contributed by atoms with Crippen molar-refractivity contribution >= 4 is 50.2 Å². The summed E-state index contributed by atoms with van der Waals surface area (Å²) in [6, 6.07) is 20.6. The number of nitrogens with zero attached hydrogens (tertiary/aromatic N) is 5. The van der Waals surface area contributed by atoms with Gasteiger partial charge >= 0.3 is 10.2 Å². The smallest absolute Gasteiger partial charge is 0.301 e. The lowest BCUT2D eigenvalue weighted by molar-refractivity contribution is 0.527. The minimum absolute atomic E-state index is 0.0339. The molecule has 2 heterocycles. The van der Waals surface area contributed by atoms with E-state index in [1.54, 1.807) is 48.7 Å². The highest BCUT2D eigenvalue weighted by atomic mass is 35.5. The van der Waals surface area contributed by atoms with Gasteiger partial charge in [-0.2, -0.15) is 17.7 Å². The summed E-state index contributed by atoms with van der Waals surface area (Å²) < 4.78 is 29.9. The minimum atomic E-state index is -3.71. The van der Waals surface area contributed by atoms with Gasteiger partial charge < -0.3 is 11.1 Å². The Kier molecular flexibility index (Phi) is 7.63. The van der Waals surface area contributed by atoms with Gasteiger partial charge in [-0.25, -0.2) is 9.97 Å². The molecule has 0 saturated carbocycles. The van der Waals surface area contributed by atoms with Crippen molar-refractivity contribution in [2.75, 3.05) is 29.9 Å². The maximum absolute atomic E-state index is 13.8. The second-order valence-corrected chi connectivity index (χ2v) is 11.7. The van der Waals surface area contributed by atoms with E-state index in [0.717, 1.165) is 4.31 Å². The standard InChI is InChI=1S/C28H27ClN8O3S/c1-17(26-33-23-14-8-13-22(29)24(23)27(38)37(26)20-11-5-4-6-12-20)32-25-21(16-31-28(30)34-25)18-9-7-10-19(15-18)35-41(39,40)36(2)3/h4-17,35H,1-3H3,(H3,30,31,32,34). The fourth-order valence-corrected chi connectivity index (χ4v) is 5.16. The summed E-state index contributed by atoms with van der Waals surface area (Å²) in [5, 5.41) is 3.97. The first-order valence-corrected chi connectivity index (χ1v) is 14.3. The third-order valence-electron chi connectivity index (χ3n) is 6.34. The van der Waals surface area contributed by atoms with Crippen molar-refractivity contribution in [3.8, 4) is 16.8 Å². The first-order chi connectivity index (χ1) is 19.5. The molecule has 0 aliphatic rings. The second-order valence-electron chi connectivity index (χ2n) is 9.41. The van der Waals surface area contributed by atoms with Crippen molar-refractivity contribution in [1.82, 2.24) is 23.8 Å². The SMILES string of the molecule is CC(Nc1nc(N)ncc1-c1cccc(NS(=O)(=O)N(C)C)c1)c1nc2cccc(Cl)c2c(=O)n1-c1ccccc1. The van der Waals surface area contributed by atoms with Crippen molar-refractivity contribution in [3.05, 3.63) is 100 Å². The Hall–Kier alpha value is -4.52. The van der Waals surface area contributed by atoms with Crippen LogP contribution >= 0.6 is 11.6 Å². The van der Waals surface area contributed by atoms with Crippen molar-refractivity contribution in [2.24, 2.45) is 0 Å². The Morgan fingerprint density at radius 1 is 1.00 bits per heavy atom. The van der Waals surface area contributed by atoms with Crippen LogP contribution in [0.2, 0.25) is 5.02 Å². The predicted octanol–water partition coefficient (Wildman–Crippen LogP) is 4.47. The molecule has 3 aromatic carbocycles. The van der Waals surface area contributed by atoms with Gasteiger partial charge in [-0.05, 0) is 48.9 Å². The van der Waals surface area contributed by atoms with Crippen molar-refractivity contribution in [1.29, 1.82) is 0 Å². The van der Waals surface area contributed by atoms with Crippen LogP contribution in [0.1, 0.15) is 18.8 Å². The summed E-state index contributed by atoms with van der Waals surface area (Å²) in [5.41, 5.74) is 8.29. The van der Waals surface area contributed by atoms with Crippen LogP contribution in [-0.2, 0) is 10.2 Å². The van der Waals surface area contributed by atoms with Crippen LogP contribution < -0.4 is 21.3 Å². The number of rotatable bonds is 8.